The molecule has 6 nitrogen and oxygen atoms in total. The van der Waals surface area contributed by atoms with Gasteiger partial charge < -0.3 is 15.4 Å². The Morgan fingerprint density at radius 3 is 2.39 bits per heavy atom. The number of fused-ring (bicyclic) bond motifs is 1. The summed E-state index contributed by atoms with van der Waals surface area (Å²) in [5.41, 5.74) is 3.12. The highest BCUT2D eigenvalue weighted by atomic mass is 32.2. The number of nitrogens with zero attached hydrogens (tertiary/aromatic N) is 1. The van der Waals surface area contributed by atoms with Crippen molar-refractivity contribution in [1.29, 1.82) is 0 Å². The topological polar surface area (TPSA) is 80.3 Å². The fourth-order valence-electron chi connectivity index (χ4n) is 2.93. The highest BCUT2D eigenvalue weighted by molar-refractivity contribution is 8.00. The van der Waals surface area contributed by atoms with Crippen molar-refractivity contribution < 1.29 is 14.3 Å². The van der Waals surface area contributed by atoms with E-state index < -0.39 is 0 Å². The molecule has 2 amide bonds. The van der Waals surface area contributed by atoms with Crippen LogP contribution in [0.5, 0.6) is 5.75 Å². The average molecular weight is 470 g/mol. The molecule has 9 heteroatoms. The summed E-state index contributed by atoms with van der Waals surface area (Å²) in [5.74, 6) is 0.209. The van der Waals surface area contributed by atoms with Crippen LogP contribution in [0.1, 0.15) is 24.9 Å². The third-order valence-electron chi connectivity index (χ3n) is 4.54. The highest BCUT2D eigenvalue weighted by Gasteiger charge is 2.15. The first-order valence-corrected chi connectivity index (χ1v) is 12.1. The van der Waals surface area contributed by atoms with E-state index in [2.05, 4.69) is 15.6 Å². The smallest absolute Gasteiger partial charge is 0.265 e. The van der Waals surface area contributed by atoms with E-state index in [4.69, 9.17) is 4.74 Å². The average Bonchev–Trinajstić information content (AvgIpc) is 3.42. The molecule has 0 aliphatic carbocycles. The third kappa shape index (κ3) is 4.73. The summed E-state index contributed by atoms with van der Waals surface area (Å²) in [4.78, 5) is 30.7. The second-order valence-corrected chi connectivity index (χ2v) is 9.79. The standard InChI is InChI=1S/C22H19N3O3S3/c1-12-10-14(28-2)5-6-15(12)24-21(27)19-9-8-18(30-19)20(26)23-13-4-7-17-16(11-13)25-22(29-3)31-17/h4-11H,1-3H3,(H,23,26)(H,24,27). The summed E-state index contributed by atoms with van der Waals surface area (Å²) in [6, 6.07) is 14.4. The van der Waals surface area contributed by atoms with E-state index in [9.17, 15) is 9.59 Å². The van der Waals surface area contributed by atoms with Crippen LogP contribution in [0.2, 0.25) is 0 Å². The molecule has 4 rings (SSSR count). The van der Waals surface area contributed by atoms with Crippen LogP contribution >= 0.6 is 34.4 Å². The molecule has 2 N–H and O–H groups in total. The van der Waals surface area contributed by atoms with Gasteiger partial charge in [-0.25, -0.2) is 4.98 Å². The maximum Gasteiger partial charge on any atom is 0.265 e. The fourth-order valence-corrected chi connectivity index (χ4v) is 5.20. The SMILES string of the molecule is COc1ccc(NC(=O)c2ccc(C(=O)Nc3ccc4sc(SC)nc4c3)s2)c(C)c1. The van der Waals surface area contributed by atoms with Crippen molar-refractivity contribution in [2.45, 2.75) is 11.3 Å². The Kier molecular flexibility index (Phi) is 6.26. The lowest BCUT2D eigenvalue weighted by atomic mass is 10.2. The van der Waals surface area contributed by atoms with Gasteiger partial charge in [0.25, 0.3) is 11.8 Å². The van der Waals surface area contributed by atoms with E-state index in [0.717, 1.165) is 37.2 Å². The van der Waals surface area contributed by atoms with Crippen LogP contribution in [-0.2, 0) is 0 Å². The van der Waals surface area contributed by atoms with Gasteiger partial charge in [-0.15, -0.1) is 22.7 Å². The summed E-state index contributed by atoms with van der Waals surface area (Å²) in [5, 5.41) is 5.77. The highest BCUT2D eigenvalue weighted by Crippen LogP contribution is 2.30. The fraction of sp³-hybridized carbons (Fsp3) is 0.136. The van der Waals surface area contributed by atoms with E-state index in [1.165, 1.54) is 0 Å². The van der Waals surface area contributed by atoms with Gasteiger partial charge in [0.2, 0.25) is 0 Å². The summed E-state index contributed by atoms with van der Waals surface area (Å²) < 4.78 is 7.25. The Hall–Kier alpha value is -2.88. The zero-order chi connectivity index (χ0) is 22.0. The Balaban J connectivity index is 1.45. The van der Waals surface area contributed by atoms with Crippen LogP contribution in [0.3, 0.4) is 0 Å². The largest absolute Gasteiger partial charge is 0.497 e. The molecule has 0 saturated heterocycles. The first kappa shape index (κ1) is 21.4. The van der Waals surface area contributed by atoms with E-state index >= 15 is 0 Å². The number of methoxy groups -OCH3 is 1. The monoisotopic (exact) mass is 469 g/mol. The van der Waals surface area contributed by atoms with Crippen molar-refractivity contribution in [3.63, 3.8) is 0 Å². The molecule has 0 aliphatic heterocycles. The minimum absolute atomic E-state index is 0.259. The van der Waals surface area contributed by atoms with Crippen LogP contribution in [0.25, 0.3) is 10.2 Å². The molecule has 4 aromatic rings. The molecule has 0 bridgehead atoms. The normalized spacial score (nSPS) is 10.8. The molecule has 0 spiro atoms. The quantitative estimate of drug-likeness (QED) is 0.344. The van der Waals surface area contributed by atoms with Crippen LogP contribution < -0.4 is 15.4 Å². The van der Waals surface area contributed by atoms with Gasteiger partial charge in [-0.1, -0.05) is 11.8 Å². The summed E-state index contributed by atoms with van der Waals surface area (Å²) >= 11 is 4.37. The van der Waals surface area contributed by atoms with Crippen molar-refractivity contribution in [3.8, 4) is 5.75 Å². The van der Waals surface area contributed by atoms with E-state index in [1.54, 1.807) is 54.5 Å². The van der Waals surface area contributed by atoms with Crippen molar-refractivity contribution in [2.75, 3.05) is 24.0 Å². The number of thiazole rings is 1. The number of aromatic nitrogens is 1. The Morgan fingerprint density at radius 1 is 0.968 bits per heavy atom. The second kappa shape index (κ2) is 9.09. The molecular formula is C22H19N3O3S3. The number of ether oxygens (including phenoxy) is 1. The zero-order valence-corrected chi connectivity index (χ0v) is 19.5. The van der Waals surface area contributed by atoms with Gasteiger partial charge in [0.15, 0.2) is 4.34 Å². The third-order valence-corrected chi connectivity index (χ3v) is 7.64. The molecule has 0 aliphatic rings. The number of thiophene rings is 1. The number of benzene rings is 2. The van der Waals surface area contributed by atoms with Crippen LogP contribution in [0.15, 0.2) is 52.9 Å². The number of hydrogen-bond acceptors (Lipinski definition) is 7. The summed E-state index contributed by atoms with van der Waals surface area (Å²) in [6.07, 6.45) is 1.99. The van der Waals surface area contributed by atoms with Gasteiger partial charge in [0.1, 0.15) is 5.75 Å². The van der Waals surface area contributed by atoms with Gasteiger partial charge in [-0.3, -0.25) is 9.59 Å². The number of carbonyl (C=O) groups excluding carboxylic acids is 2. The lowest BCUT2D eigenvalue weighted by Gasteiger charge is -2.09. The molecule has 158 valence electrons. The molecule has 2 heterocycles. The van der Waals surface area contributed by atoms with Crippen LogP contribution in [0, 0.1) is 6.92 Å². The molecule has 0 unspecified atom stereocenters. The molecule has 0 radical (unpaired) electrons. The number of hydrogen-bond donors (Lipinski definition) is 2. The lowest BCUT2D eigenvalue weighted by Crippen LogP contribution is -2.11. The minimum atomic E-state index is -0.260. The molecule has 2 aromatic heterocycles. The second-order valence-electron chi connectivity index (χ2n) is 6.62. The predicted molar refractivity (Wildman–Crippen MR) is 129 cm³/mol. The maximum atomic E-state index is 12.7. The first-order chi connectivity index (χ1) is 15.0. The van der Waals surface area contributed by atoms with Gasteiger partial charge in [-0.2, -0.15) is 0 Å². The molecule has 31 heavy (non-hydrogen) atoms. The van der Waals surface area contributed by atoms with Crippen LogP contribution in [-0.4, -0.2) is 30.2 Å². The Morgan fingerprint density at radius 2 is 1.71 bits per heavy atom. The number of anilines is 2. The summed E-state index contributed by atoms with van der Waals surface area (Å²) in [7, 11) is 1.60. The van der Waals surface area contributed by atoms with Crippen molar-refractivity contribution in [3.05, 3.63) is 63.8 Å². The Labute approximate surface area is 191 Å². The first-order valence-electron chi connectivity index (χ1n) is 9.28. The lowest BCUT2D eigenvalue weighted by molar-refractivity contribution is 0.102. The molecule has 0 atom stereocenters. The van der Waals surface area contributed by atoms with E-state index in [0.29, 0.717) is 21.1 Å². The van der Waals surface area contributed by atoms with Gasteiger partial charge in [0.05, 0.1) is 27.1 Å². The minimum Gasteiger partial charge on any atom is -0.497 e. The number of carbonyl (C=O) groups is 2. The molecule has 2 aromatic carbocycles. The zero-order valence-electron chi connectivity index (χ0n) is 17.0. The van der Waals surface area contributed by atoms with Gasteiger partial charge >= 0.3 is 0 Å². The van der Waals surface area contributed by atoms with Crippen molar-refractivity contribution >= 4 is 67.8 Å². The molecule has 0 fully saturated rings. The van der Waals surface area contributed by atoms with E-state index in [-0.39, 0.29) is 11.8 Å². The van der Waals surface area contributed by atoms with Gasteiger partial charge in [0, 0.05) is 11.4 Å². The van der Waals surface area contributed by atoms with Crippen LogP contribution in [0.4, 0.5) is 11.4 Å². The predicted octanol–water partition coefficient (Wildman–Crippen LogP) is 5.90. The Bertz CT molecular complexity index is 1280. The van der Waals surface area contributed by atoms with E-state index in [1.807, 2.05) is 37.4 Å². The molecular weight excluding hydrogens is 450 g/mol. The summed E-state index contributed by atoms with van der Waals surface area (Å²) in [6.45, 7) is 1.90. The number of amides is 2. The molecule has 0 saturated carbocycles. The van der Waals surface area contributed by atoms with Crippen molar-refractivity contribution in [2.24, 2.45) is 0 Å². The van der Waals surface area contributed by atoms with Gasteiger partial charge in [-0.05, 0) is 67.3 Å². The number of nitrogens with one attached hydrogen (secondary N) is 2. The number of aryl methyl sites for hydroxylation is 1. The maximum absolute atomic E-state index is 12.7. The number of thioether (sulfide) groups is 1. The number of rotatable bonds is 6. The van der Waals surface area contributed by atoms with Crippen molar-refractivity contribution in [1.82, 2.24) is 4.98 Å².